The summed E-state index contributed by atoms with van der Waals surface area (Å²) in [6, 6.07) is 2.16. The van der Waals surface area contributed by atoms with Crippen molar-refractivity contribution in [2.24, 2.45) is 5.92 Å². The van der Waals surface area contributed by atoms with Gasteiger partial charge < -0.3 is 14.1 Å². The molecule has 1 aromatic heterocycles. The Balaban J connectivity index is 1.76. The molecule has 1 aromatic rings. The SMILES string of the molecule is COc1cc(N2CC[C@H](O[Si](C)(C)C(C)(C)C)[C@H](C)C2)c(C2CCCC2)cn1. The van der Waals surface area contributed by atoms with Crippen LogP contribution < -0.4 is 9.64 Å². The third-order valence-corrected chi connectivity index (χ3v) is 11.8. The average molecular weight is 405 g/mol. The zero-order chi connectivity index (χ0) is 20.5. The lowest BCUT2D eigenvalue weighted by Gasteiger charge is -2.45. The highest BCUT2D eigenvalue weighted by molar-refractivity contribution is 6.74. The van der Waals surface area contributed by atoms with Gasteiger partial charge in [0.2, 0.25) is 5.88 Å². The summed E-state index contributed by atoms with van der Waals surface area (Å²) in [5, 5.41) is 0.262. The third kappa shape index (κ3) is 4.56. The van der Waals surface area contributed by atoms with Crippen LogP contribution in [0.2, 0.25) is 18.1 Å². The van der Waals surface area contributed by atoms with E-state index in [1.54, 1.807) is 7.11 Å². The zero-order valence-electron chi connectivity index (χ0n) is 19.0. The summed E-state index contributed by atoms with van der Waals surface area (Å²) in [4.78, 5) is 7.10. The van der Waals surface area contributed by atoms with Crippen LogP contribution in [0.15, 0.2) is 12.3 Å². The van der Waals surface area contributed by atoms with Gasteiger partial charge in [0.05, 0.1) is 13.2 Å². The number of methoxy groups -OCH3 is 1. The van der Waals surface area contributed by atoms with Gasteiger partial charge in [0, 0.05) is 31.0 Å². The topological polar surface area (TPSA) is 34.6 Å². The first-order chi connectivity index (χ1) is 13.1. The van der Waals surface area contributed by atoms with E-state index >= 15 is 0 Å². The molecule has 0 N–H and O–H groups in total. The molecule has 4 nitrogen and oxygen atoms in total. The van der Waals surface area contributed by atoms with Crippen LogP contribution in [0.4, 0.5) is 5.69 Å². The second kappa shape index (κ2) is 8.35. The lowest BCUT2D eigenvalue weighted by molar-refractivity contribution is 0.106. The molecule has 2 heterocycles. The lowest BCUT2D eigenvalue weighted by atomic mass is 9.93. The first kappa shape index (κ1) is 21.6. The van der Waals surface area contributed by atoms with Crippen LogP contribution in [0, 0.1) is 5.92 Å². The standard InChI is InChI=1S/C23H40N2O2Si/c1-17-16-25(13-12-21(17)27-28(6,7)23(2,3)4)20-14-22(26-5)24-15-19(20)18-10-8-9-11-18/h14-15,17-18,21H,8-13,16H2,1-7H3/t17-,21+/m1/s1. The summed E-state index contributed by atoms with van der Waals surface area (Å²) in [5.41, 5.74) is 2.77. The molecule has 0 amide bonds. The molecule has 0 radical (unpaired) electrons. The summed E-state index contributed by atoms with van der Waals surface area (Å²) in [5.74, 6) is 1.91. The number of anilines is 1. The zero-order valence-corrected chi connectivity index (χ0v) is 20.0. The van der Waals surface area contributed by atoms with E-state index in [4.69, 9.17) is 9.16 Å². The Morgan fingerprint density at radius 3 is 2.39 bits per heavy atom. The highest BCUT2D eigenvalue weighted by atomic mass is 28.4. The van der Waals surface area contributed by atoms with E-state index in [0.717, 1.165) is 25.4 Å². The number of aromatic nitrogens is 1. The van der Waals surface area contributed by atoms with Crippen molar-refractivity contribution in [3.63, 3.8) is 0 Å². The fraction of sp³-hybridized carbons (Fsp3) is 0.783. The van der Waals surface area contributed by atoms with Crippen LogP contribution in [0.3, 0.4) is 0 Å². The molecule has 1 saturated heterocycles. The van der Waals surface area contributed by atoms with E-state index in [1.165, 1.54) is 36.9 Å². The minimum Gasteiger partial charge on any atom is -0.481 e. The lowest BCUT2D eigenvalue weighted by Crippen LogP contribution is -2.50. The number of ether oxygens (including phenoxy) is 1. The smallest absolute Gasteiger partial charge is 0.215 e. The van der Waals surface area contributed by atoms with Gasteiger partial charge in [-0.15, -0.1) is 0 Å². The molecule has 2 aliphatic rings. The molecule has 5 heteroatoms. The number of hydrogen-bond donors (Lipinski definition) is 0. The molecule has 0 aromatic carbocycles. The summed E-state index contributed by atoms with van der Waals surface area (Å²) < 4.78 is 12.2. The van der Waals surface area contributed by atoms with E-state index < -0.39 is 8.32 Å². The van der Waals surface area contributed by atoms with Gasteiger partial charge in [-0.3, -0.25) is 0 Å². The van der Waals surface area contributed by atoms with Gasteiger partial charge in [-0.2, -0.15) is 0 Å². The third-order valence-electron chi connectivity index (χ3n) is 7.31. The molecule has 28 heavy (non-hydrogen) atoms. The van der Waals surface area contributed by atoms with Crippen LogP contribution in [0.5, 0.6) is 5.88 Å². The molecular formula is C23H40N2O2Si. The van der Waals surface area contributed by atoms with Crippen molar-refractivity contribution in [3.8, 4) is 5.88 Å². The molecule has 3 rings (SSSR count). The van der Waals surface area contributed by atoms with Gasteiger partial charge in [0.1, 0.15) is 0 Å². The van der Waals surface area contributed by atoms with Crippen LogP contribution in [-0.2, 0) is 4.43 Å². The molecule has 158 valence electrons. The van der Waals surface area contributed by atoms with Crippen molar-refractivity contribution in [1.82, 2.24) is 4.98 Å². The normalized spacial score (nSPS) is 24.6. The predicted molar refractivity (Wildman–Crippen MR) is 120 cm³/mol. The Morgan fingerprint density at radius 2 is 1.82 bits per heavy atom. The maximum absolute atomic E-state index is 6.79. The summed E-state index contributed by atoms with van der Waals surface area (Å²) in [6.07, 6.45) is 8.82. The fourth-order valence-electron chi connectivity index (χ4n) is 4.45. The molecule has 1 saturated carbocycles. The van der Waals surface area contributed by atoms with Gasteiger partial charge in [-0.25, -0.2) is 4.98 Å². The molecule has 0 bridgehead atoms. The molecule has 1 aliphatic carbocycles. The fourth-order valence-corrected chi connectivity index (χ4v) is 5.91. The van der Waals surface area contributed by atoms with Crippen molar-refractivity contribution in [3.05, 3.63) is 17.8 Å². The van der Waals surface area contributed by atoms with Gasteiger partial charge in [0.25, 0.3) is 0 Å². The van der Waals surface area contributed by atoms with E-state index in [2.05, 4.69) is 62.9 Å². The molecule has 0 spiro atoms. The first-order valence-corrected chi connectivity index (χ1v) is 14.0. The number of hydrogen-bond acceptors (Lipinski definition) is 4. The second-order valence-corrected chi connectivity index (χ2v) is 15.2. The first-order valence-electron chi connectivity index (χ1n) is 11.1. The van der Waals surface area contributed by atoms with Crippen molar-refractivity contribution >= 4 is 14.0 Å². The van der Waals surface area contributed by atoms with Crippen molar-refractivity contribution < 1.29 is 9.16 Å². The number of piperidine rings is 1. The predicted octanol–water partition coefficient (Wildman–Crippen LogP) is 5.98. The highest BCUT2D eigenvalue weighted by Crippen LogP contribution is 2.42. The molecule has 2 atom stereocenters. The van der Waals surface area contributed by atoms with Crippen LogP contribution in [0.1, 0.15) is 71.3 Å². The van der Waals surface area contributed by atoms with Gasteiger partial charge in [0.15, 0.2) is 8.32 Å². The van der Waals surface area contributed by atoms with E-state index in [-0.39, 0.29) is 5.04 Å². The highest BCUT2D eigenvalue weighted by Gasteiger charge is 2.41. The Labute approximate surface area is 173 Å². The maximum atomic E-state index is 6.79. The Hall–Kier alpha value is -1.07. The minimum atomic E-state index is -1.73. The average Bonchev–Trinajstić information content (AvgIpc) is 3.16. The maximum Gasteiger partial charge on any atom is 0.215 e. The van der Waals surface area contributed by atoms with Crippen molar-refractivity contribution in [1.29, 1.82) is 0 Å². The Bertz CT molecular complexity index is 665. The van der Waals surface area contributed by atoms with E-state index in [1.807, 2.05) is 0 Å². The number of nitrogens with zero attached hydrogens (tertiary/aromatic N) is 2. The molecular weight excluding hydrogens is 364 g/mol. The molecule has 2 fully saturated rings. The molecule has 0 unspecified atom stereocenters. The number of rotatable bonds is 5. The minimum absolute atomic E-state index is 0.262. The number of pyridine rings is 1. The van der Waals surface area contributed by atoms with Crippen LogP contribution >= 0.6 is 0 Å². The Kier molecular flexibility index (Phi) is 6.45. The summed E-state index contributed by atoms with van der Waals surface area (Å²) in [7, 11) is -0.0192. The van der Waals surface area contributed by atoms with E-state index in [9.17, 15) is 0 Å². The van der Waals surface area contributed by atoms with Gasteiger partial charge >= 0.3 is 0 Å². The quantitative estimate of drug-likeness (QED) is 0.565. The van der Waals surface area contributed by atoms with E-state index in [0.29, 0.717) is 17.9 Å². The van der Waals surface area contributed by atoms with Gasteiger partial charge in [-0.05, 0) is 54.8 Å². The summed E-state index contributed by atoms with van der Waals surface area (Å²) >= 11 is 0. The van der Waals surface area contributed by atoms with Crippen molar-refractivity contribution in [2.45, 2.75) is 90.0 Å². The largest absolute Gasteiger partial charge is 0.481 e. The summed E-state index contributed by atoms with van der Waals surface area (Å²) in [6.45, 7) is 16.2. The monoisotopic (exact) mass is 404 g/mol. The van der Waals surface area contributed by atoms with Crippen molar-refractivity contribution in [2.75, 3.05) is 25.1 Å². The Morgan fingerprint density at radius 1 is 1.14 bits per heavy atom. The van der Waals surface area contributed by atoms with Crippen LogP contribution in [0.25, 0.3) is 0 Å². The second-order valence-electron chi connectivity index (χ2n) is 10.4. The van der Waals surface area contributed by atoms with Crippen LogP contribution in [-0.4, -0.2) is 39.6 Å². The van der Waals surface area contributed by atoms with Gasteiger partial charge in [-0.1, -0.05) is 40.5 Å². The molecule has 1 aliphatic heterocycles.